The van der Waals surface area contributed by atoms with E-state index < -0.39 is 10.0 Å². The summed E-state index contributed by atoms with van der Waals surface area (Å²) < 4.78 is 32.0. The van der Waals surface area contributed by atoms with Crippen LogP contribution in [0.3, 0.4) is 0 Å². The quantitative estimate of drug-likeness (QED) is 0.553. The van der Waals surface area contributed by atoms with Gasteiger partial charge in [0.05, 0.1) is 9.92 Å². The lowest BCUT2D eigenvalue weighted by molar-refractivity contribution is -0.123. The molecule has 0 aliphatic rings. The summed E-state index contributed by atoms with van der Waals surface area (Å²) in [7, 11) is -1.99. The first kappa shape index (κ1) is 23.0. The molecule has 0 fully saturated rings. The van der Waals surface area contributed by atoms with E-state index in [1.54, 1.807) is 43.6 Å². The molecule has 1 heterocycles. The monoisotopic (exact) mass is 461 g/mol. The van der Waals surface area contributed by atoms with Crippen LogP contribution in [-0.2, 0) is 21.4 Å². The summed E-state index contributed by atoms with van der Waals surface area (Å²) in [5, 5.41) is 4.07. The first-order valence-electron chi connectivity index (χ1n) is 9.70. The average molecular weight is 462 g/mol. The molecule has 0 aliphatic heterocycles. The van der Waals surface area contributed by atoms with Gasteiger partial charge in [-0.25, -0.2) is 8.42 Å². The summed E-state index contributed by atoms with van der Waals surface area (Å²) in [6, 6.07) is 13.3. The third-order valence-corrected chi connectivity index (χ3v) is 7.23. The summed E-state index contributed by atoms with van der Waals surface area (Å²) >= 11 is 6.17. The van der Waals surface area contributed by atoms with Crippen molar-refractivity contribution in [2.24, 2.45) is 0 Å². The van der Waals surface area contributed by atoms with Crippen LogP contribution in [0.5, 0.6) is 5.75 Å². The van der Waals surface area contributed by atoms with Gasteiger partial charge in [-0.3, -0.25) is 9.78 Å². The van der Waals surface area contributed by atoms with Gasteiger partial charge in [0.1, 0.15) is 11.3 Å². The Balaban J connectivity index is 1.58. The van der Waals surface area contributed by atoms with E-state index in [0.717, 1.165) is 10.9 Å². The minimum Gasteiger partial charge on any atom is -0.481 e. The topological polar surface area (TPSA) is 88.6 Å². The largest absolute Gasteiger partial charge is 0.481 e. The van der Waals surface area contributed by atoms with Gasteiger partial charge in [0, 0.05) is 31.2 Å². The standard InChI is InChI=1S/C22H24ClN3O4S/c1-15(2)26(3)31(28,29)17-8-6-16(7-9-17)13-25-21(27)14-30-20-11-10-19(23)18-5-4-12-24-22(18)20/h4-12,15H,13-14H2,1-3H3,(H,25,27). The molecule has 0 unspecified atom stereocenters. The van der Waals surface area contributed by atoms with Crippen LogP contribution in [0.15, 0.2) is 59.6 Å². The number of hydrogen-bond donors (Lipinski definition) is 1. The lowest BCUT2D eigenvalue weighted by atomic mass is 10.2. The average Bonchev–Trinajstić information content (AvgIpc) is 2.77. The molecule has 0 saturated heterocycles. The molecule has 0 radical (unpaired) electrons. The van der Waals surface area contributed by atoms with E-state index in [1.165, 1.54) is 16.4 Å². The number of nitrogens with zero attached hydrogens (tertiary/aromatic N) is 2. The molecular formula is C22H24ClN3O4S. The second-order valence-corrected chi connectivity index (χ2v) is 9.67. The molecule has 164 valence electrons. The van der Waals surface area contributed by atoms with Crippen LogP contribution in [0.1, 0.15) is 19.4 Å². The third-order valence-electron chi connectivity index (χ3n) is 4.86. The molecule has 0 atom stereocenters. The van der Waals surface area contributed by atoms with E-state index in [0.29, 0.717) is 16.3 Å². The summed E-state index contributed by atoms with van der Waals surface area (Å²) in [5.41, 5.74) is 1.36. The molecule has 1 N–H and O–H groups in total. The molecule has 0 aliphatic carbocycles. The number of sulfonamides is 1. The number of hydrogen-bond acceptors (Lipinski definition) is 5. The lowest BCUT2D eigenvalue weighted by Crippen LogP contribution is -2.33. The van der Waals surface area contributed by atoms with E-state index in [2.05, 4.69) is 10.3 Å². The number of benzene rings is 2. The maximum Gasteiger partial charge on any atom is 0.258 e. The summed E-state index contributed by atoms with van der Waals surface area (Å²) in [6.45, 7) is 3.69. The van der Waals surface area contributed by atoms with Crippen molar-refractivity contribution in [1.82, 2.24) is 14.6 Å². The molecule has 2 aromatic carbocycles. The smallest absolute Gasteiger partial charge is 0.258 e. The highest BCUT2D eigenvalue weighted by Gasteiger charge is 2.22. The number of halogens is 1. The predicted octanol–water partition coefficient (Wildman–Crippen LogP) is 3.61. The van der Waals surface area contributed by atoms with Crippen LogP contribution in [0.25, 0.3) is 10.9 Å². The number of rotatable bonds is 8. The molecular weight excluding hydrogens is 438 g/mol. The zero-order valence-electron chi connectivity index (χ0n) is 17.5. The Kier molecular flexibility index (Phi) is 7.15. The molecule has 9 heteroatoms. The summed E-state index contributed by atoms with van der Waals surface area (Å²) in [6.07, 6.45) is 1.63. The highest BCUT2D eigenvalue weighted by molar-refractivity contribution is 7.89. The minimum absolute atomic E-state index is 0.142. The van der Waals surface area contributed by atoms with E-state index in [1.807, 2.05) is 19.9 Å². The van der Waals surface area contributed by atoms with Crippen molar-refractivity contribution in [3.63, 3.8) is 0 Å². The molecule has 0 bridgehead atoms. The molecule has 0 saturated carbocycles. The normalized spacial score (nSPS) is 11.8. The van der Waals surface area contributed by atoms with Crippen molar-refractivity contribution in [3.8, 4) is 5.75 Å². The molecule has 3 rings (SSSR count). The van der Waals surface area contributed by atoms with Crippen LogP contribution in [0.2, 0.25) is 5.02 Å². The van der Waals surface area contributed by atoms with E-state index in [4.69, 9.17) is 16.3 Å². The van der Waals surface area contributed by atoms with Crippen molar-refractivity contribution in [2.75, 3.05) is 13.7 Å². The number of carbonyl (C=O) groups is 1. The summed E-state index contributed by atoms with van der Waals surface area (Å²) in [4.78, 5) is 16.7. The molecule has 3 aromatic rings. The zero-order valence-corrected chi connectivity index (χ0v) is 19.1. The van der Waals surface area contributed by atoms with E-state index >= 15 is 0 Å². The second kappa shape index (κ2) is 9.64. The van der Waals surface area contributed by atoms with Crippen molar-refractivity contribution < 1.29 is 17.9 Å². The fourth-order valence-corrected chi connectivity index (χ4v) is 4.43. The van der Waals surface area contributed by atoms with Gasteiger partial charge in [-0.15, -0.1) is 0 Å². The molecule has 1 aromatic heterocycles. The van der Waals surface area contributed by atoms with Gasteiger partial charge < -0.3 is 10.1 Å². The lowest BCUT2D eigenvalue weighted by Gasteiger charge is -2.21. The molecule has 31 heavy (non-hydrogen) atoms. The maximum atomic E-state index is 12.5. The Bertz CT molecular complexity index is 1180. The van der Waals surface area contributed by atoms with Crippen LogP contribution < -0.4 is 10.1 Å². The van der Waals surface area contributed by atoms with Crippen LogP contribution in [0.4, 0.5) is 0 Å². The first-order valence-corrected chi connectivity index (χ1v) is 11.5. The molecule has 1 amide bonds. The summed E-state index contributed by atoms with van der Waals surface area (Å²) in [5.74, 6) is 0.161. The van der Waals surface area contributed by atoms with Crippen molar-refractivity contribution in [2.45, 2.75) is 31.3 Å². The minimum atomic E-state index is -3.54. The number of ether oxygens (including phenoxy) is 1. The molecule has 0 spiro atoms. The Morgan fingerprint density at radius 3 is 2.55 bits per heavy atom. The van der Waals surface area contributed by atoms with Crippen molar-refractivity contribution in [3.05, 3.63) is 65.3 Å². The first-order chi connectivity index (χ1) is 14.7. The predicted molar refractivity (Wildman–Crippen MR) is 121 cm³/mol. The van der Waals surface area contributed by atoms with Crippen molar-refractivity contribution >= 4 is 38.4 Å². The Labute approximate surface area is 187 Å². The SMILES string of the molecule is CC(C)N(C)S(=O)(=O)c1ccc(CNC(=O)COc2ccc(Cl)c3cccnc23)cc1. The van der Waals surface area contributed by atoms with Gasteiger partial charge in [0.15, 0.2) is 6.61 Å². The van der Waals surface area contributed by atoms with Crippen LogP contribution in [0, 0.1) is 0 Å². The van der Waals surface area contributed by atoms with Gasteiger partial charge in [0.2, 0.25) is 10.0 Å². The number of aromatic nitrogens is 1. The van der Waals surface area contributed by atoms with Crippen molar-refractivity contribution in [1.29, 1.82) is 0 Å². The second-order valence-electron chi connectivity index (χ2n) is 7.27. The zero-order chi connectivity index (χ0) is 22.6. The number of pyridine rings is 1. The number of carbonyl (C=O) groups excluding carboxylic acids is 1. The Hall–Kier alpha value is -2.68. The van der Waals surface area contributed by atoms with Gasteiger partial charge in [-0.1, -0.05) is 23.7 Å². The third kappa shape index (κ3) is 5.33. The van der Waals surface area contributed by atoms with Gasteiger partial charge >= 0.3 is 0 Å². The van der Waals surface area contributed by atoms with Crippen LogP contribution in [-0.4, -0.2) is 43.3 Å². The number of fused-ring (bicyclic) bond motifs is 1. The number of nitrogens with one attached hydrogen (secondary N) is 1. The number of amides is 1. The van der Waals surface area contributed by atoms with Gasteiger partial charge in [-0.2, -0.15) is 4.31 Å². The fraction of sp³-hybridized carbons (Fsp3) is 0.273. The van der Waals surface area contributed by atoms with E-state index in [-0.39, 0.29) is 30.0 Å². The van der Waals surface area contributed by atoms with Gasteiger partial charge in [-0.05, 0) is 55.8 Å². The van der Waals surface area contributed by atoms with Gasteiger partial charge in [0.25, 0.3) is 5.91 Å². The van der Waals surface area contributed by atoms with Crippen LogP contribution >= 0.6 is 11.6 Å². The Morgan fingerprint density at radius 1 is 1.16 bits per heavy atom. The Morgan fingerprint density at radius 2 is 1.87 bits per heavy atom. The van der Waals surface area contributed by atoms with E-state index in [9.17, 15) is 13.2 Å². The highest BCUT2D eigenvalue weighted by atomic mass is 35.5. The maximum absolute atomic E-state index is 12.5. The fourth-order valence-electron chi connectivity index (χ4n) is 2.85. The highest BCUT2D eigenvalue weighted by Crippen LogP contribution is 2.29. The molecule has 7 nitrogen and oxygen atoms in total.